The van der Waals surface area contributed by atoms with Crippen LogP contribution in [0.4, 0.5) is 0 Å². The maximum absolute atomic E-state index is 11.8. The van der Waals surface area contributed by atoms with Gasteiger partial charge in [-0.3, -0.25) is 8.42 Å². The van der Waals surface area contributed by atoms with Gasteiger partial charge in [-0.05, 0) is 18.2 Å². The summed E-state index contributed by atoms with van der Waals surface area (Å²) >= 11 is 0. The zero-order chi connectivity index (χ0) is 13.4. The van der Waals surface area contributed by atoms with E-state index in [9.17, 15) is 8.42 Å². The molecule has 0 fully saturated rings. The van der Waals surface area contributed by atoms with E-state index in [0.29, 0.717) is 9.79 Å². The molecule has 0 bridgehead atoms. The Bertz CT molecular complexity index is 498. The first-order valence-corrected chi connectivity index (χ1v) is 7.93. The van der Waals surface area contributed by atoms with Gasteiger partial charge in [-0.2, -0.15) is 10.5 Å². The first-order chi connectivity index (χ1) is 8.69. The van der Waals surface area contributed by atoms with Crippen molar-refractivity contribution >= 4 is 21.6 Å². The third-order valence-corrected chi connectivity index (χ3v) is 4.84. The van der Waals surface area contributed by atoms with E-state index in [2.05, 4.69) is 0 Å². The van der Waals surface area contributed by atoms with Crippen molar-refractivity contribution in [1.82, 2.24) is 0 Å². The second kappa shape index (κ2) is 7.75. The number of benzene rings is 1. The second-order valence-electron chi connectivity index (χ2n) is 3.39. The zero-order valence-corrected chi connectivity index (χ0v) is 11.3. The maximum Gasteiger partial charge on any atom is 0.0631 e. The molecule has 0 saturated carbocycles. The number of hydrogen-bond acceptors (Lipinski definition) is 4. The van der Waals surface area contributed by atoms with E-state index in [4.69, 9.17) is 10.5 Å². The molecule has 0 radical (unpaired) electrons. The lowest BCUT2D eigenvalue weighted by Gasteiger charge is -2.03. The Morgan fingerprint density at radius 1 is 0.944 bits per heavy atom. The molecule has 1 aromatic rings. The van der Waals surface area contributed by atoms with Gasteiger partial charge in [0.05, 0.1) is 33.7 Å². The zero-order valence-electron chi connectivity index (χ0n) is 9.67. The summed E-state index contributed by atoms with van der Waals surface area (Å²) in [6.45, 7) is 0. The maximum atomic E-state index is 11.8. The molecular formula is C12H12N2O2S2. The van der Waals surface area contributed by atoms with Crippen LogP contribution >= 0.6 is 0 Å². The molecule has 0 aliphatic heterocycles. The monoisotopic (exact) mass is 280 g/mol. The van der Waals surface area contributed by atoms with Gasteiger partial charge in [-0.15, -0.1) is 0 Å². The molecule has 0 amide bonds. The highest BCUT2D eigenvalue weighted by Crippen LogP contribution is 2.14. The van der Waals surface area contributed by atoms with Gasteiger partial charge in [0.15, 0.2) is 0 Å². The molecular weight excluding hydrogens is 268 g/mol. The van der Waals surface area contributed by atoms with Gasteiger partial charge in [0, 0.05) is 34.1 Å². The van der Waals surface area contributed by atoms with Crippen LogP contribution in [0, 0.1) is 22.7 Å². The third-order valence-electron chi connectivity index (χ3n) is 2.13. The van der Waals surface area contributed by atoms with Crippen molar-refractivity contribution in [3.8, 4) is 12.1 Å². The van der Waals surface area contributed by atoms with Crippen molar-refractivity contribution in [2.75, 3.05) is 11.5 Å². The smallest absolute Gasteiger partial charge is 0.0631 e. The molecule has 0 aliphatic rings. The minimum atomic E-state index is -1.24. The van der Waals surface area contributed by atoms with Crippen LogP contribution in [0.1, 0.15) is 12.8 Å². The molecule has 1 aromatic carbocycles. The van der Waals surface area contributed by atoms with Gasteiger partial charge in [0.1, 0.15) is 0 Å². The summed E-state index contributed by atoms with van der Waals surface area (Å²) in [7, 11) is -2.48. The minimum absolute atomic E-state index is 0.231. The summed E-state index contributed by atoms with van der Waals surface area (Å²) in [6, 6.07) is 10.6. The fraction of sp³-hybridized carbons (Fsp3) is 0.333. The second-order valence-corrected chi connectivity index (χ2v) is 6.53. The van der Waals surface area contributed by atoms with Gasteiger partial charge in [-0.1, -0.05) is 6.07 Å². The minimum Gasteiger partial charge on any atom is -0.254 e. The van der Waals surface area contributed by atoms with E-state index in [0.717, 1.165) is 0 Å². The van der Waals surface area contributed by atoms with E-state index in [-0.39, 0.29) is 24.3 Å². The largest absolute Gasteiger partial charge is 0.254 e. The summed E-state index contributed by atoms with van der Waals surface area (Å²) in [4.78, 5) is 1.15. The summed E-state index contributed by atoms with van der Waals surface area (Å²) < 4.78 is 23.6. The molecule has 94 valence electrons. The lowest BCUT2D eigenvalue weighted by molar-refractivity contribution is 0.681. The van der Waals surface area contributed by atoms with Crippen LogP contribution in [0.5, 0.6) is 0 Å². The Hall–Kier alpha value is -1.50. The highest BCUT2D eigenvalue weighted by molar-refractivity contribution is 7.85. The molecule has 0 N–H and O–H groups in total. The van der Waals surface area contributed by atoms with Crippen LogP contribution in [0.15, 0.2) is 34.1 Å². The average Bonchev–Trinajstić information content (AvgIpc) is 2.42. The highest BCUT2D eigenvalue weighted by Gasteiger charge is 2.08. The molecule has 6 heteroatoms. The van der Waals surface area contributed by atoms with Crippen LogP contribution in [0.25, 0.3) is 0 Å². The number of rotatable bonds is 6. The third kappa shape index (κ3) is 4.40. The number of nitrogens with zero attached hydrogens (tertiary/aromatic N) is 2. The van der Waals surface area contributed by atoms with E-state index < -0.39 is 21.6 Å². The van der Waals surface area contributed by atoms with Crippen molar-refractivity contribution in [2.24, 2.45) is 0 Å². The molecule has 0 saturated heterocycles. The molecule has 0 aromatic heterocycles. The molecule has 1 rings (SSSR count). The number of hydrogen-bond donors (Lipinski definition) is 0. The Kier molecular flexibility index (Phi) is 6.27. The topological polar surface area (TPSA) is 81.7 Å². The molecule has 18 heavy (non-hydrogen) atoms. The fourth-order valence-corrected chi connectivity index (χ4v) is 3.35. The average molecular weight is 280 g/mol. The van der Waals surface area contributed by atoms with Gasteiger partial charge in [0.2, 0.25) is 0 Å². The quantitative estimate of drug-likeness (QED) is 0.794. The summed E-state index contributed by atoms with van der Waals surface area (Å²) in [5.74, 6) is 0.565. The van der Waals surface area contributed by atoms with Crippen LogP contribution in [-0.2, 0) is 21.6 Å². The van der Waals surface area contributed by atoms with Crippen molar-refractivity contribution < 1.29 is 8.42 Å². The van der Waals surface area contributed by atoms with Gasteiger partial charge in [0.25, 0.3) is 0 Å². The number of nitriles is 2. The molecule has 4 nitrogen and oxygen atoms in total. The normalized spacial score (nSPS) is 13.2. The van der Waals surface area contributed by atoms with Crippen molar-refractivity contribution in [2.45, 2.75) is 22.6 Å². The van der Waals surface area contributed by atoms with Crippen LogP contribution in [-0.4, -0.2) is 19.9 Å². The predicted molar refractivity (Wildman–Crippen MR) is 69.5 cm³/mol. The predicted octanol–water partition coefficient (Wildman–Crippen LogP) is 1.73. The first kappa shape index (κ1) is 14.6. The lowest BCUT2D eigenvalue weighted by Crippen LogP contribution is -2.01. The lowest BCUT2D eigenvalue weighted by atomic mass is 10.4. The summed E-state index contributed by atoms with van der Waals surface area (Å²) in [5.41, 5.74) is 0. The standard InChI is InChI=1S/C12H12N2O2S2/c13-6-2-8-17(15)11-4-1-5-12(10-11)18(16)9-3-7-14/h1,4-5,10H,2-3,8-9H2. The van der Waals surface area contributed by atoms with Crippen molar-refractivity contribution in [1.29, 1.82) is 10.5 Å². The fourth-order valence-electron chi connectivity index (χ4n) is 1.27. The van der Waals surface area contributed by atoms with Gasteiger partial charge in [-0.25, -0.2) is 0 Å². The van der Waals surface area contributed by atoms with Crippen molar-refractivity contribution in [3.63, 3.8) is 0 Å². The molecule has 2 unspecified atom stereocenters. The highest BCUT2D eigenvalue weighted by atomic mass is 32.2. The van der Waals surface area contributed by atoms with Crippen LogP contribution in [0.3, 0.4) is 0 Å². The molecule has 2 atom stereocenters. The van der Waals surface area contributed by atoms with Gasteiger partial charge < -0.3 is 0 Å². The first-order valence-electron chi connectivity index (χ1n) is 5.29. The van der Waals surface area contributed by atoms with E-state index >= 15 is 0 Å². The Labute approximate surface area is 111 Å². The van der Waals surface area contributed by atoms with Crippen molar-refractivity contribution in [3.05, 3.63) is 24.3 Å². The van der Waals surface area contributed by atoms with E-state index in [1.807, 2.05) is 12.1 Å². The SMILES string of the molecule is N#CCCS(=O)c1cccc(S(=O)CCC#N)c1. The summed E-state index contributed by atoms with van der Waals surface area (Å²) in [6.07, 6.45) is 0.461. The van der Waals surface area contributed by atoms with Crippen LogP contribution < -0.4 is 0 Å². The molecule has 0 spiro atoms. The Morgan fingerprint density at radius 2 is 1.39 bits per heavy atom. The van der Waals surface area contributed by atoms with Crippen LogP contribution in [0.2, 0.25) is 0 Å². The molecule has 0 aliphatic carbocycles. The molecule has 0 heterocycles. The summed E-state index contributed by atoms with van der Waals surface area (Å²) in [5, 5.41) is 16.9. The Morgan fingerprint density at radius 3 is 1.78 bits per heavy atom. The van der Waals surface area contributed by atoms with E-state index in [1.54, 1.807) is 24.3 Å². The van der Waals surface area contributed by atoms with E-state index in [1.165, 1.54) is 0 Å². The Balaban J connectivity index is 2.80. The van der Waals surface area contributed by atoms with Gasteiger partial charge >= 0.3 is 0 Å².